The lowest BCUT2D eigenvalue weighted by Crippen LogP contribution is -2.42. The van der Waals surface area contributed by atoms with Crippen LogP contribution in [-0.2, 0) is 4.74 Å². The highest BCUT2D eigenvalue weighted by Crippen LogP contribution is 2.23. The highest BCUT2D eigenvalue weighted by Gasteiger charge is 2.27. The maximum absolute atomic E-state index is 12.5. The van der Waals surface area contributed by atoms with Gasteiger partial charge in [-0.25, -0.2) is 9.97 Å². The number of morpholine rings is 1. The van der Waals surface area contributed by atoms with Gasteiger partial charge >= 0.3 is 0 Å². The zero-order chi connectivity index (χ0) is 14.8. The smallest absolute Gasteiger partial charge is 0.264 e. The molecule has 0 aliphatic carbocycles. The van der Waals surface area contributed by atoms with E-state index in [0.717, 1.165) is 16.1 Å². The van der Waals surface area contributed by atoms with E-state index in [2.05, 4.69) is 9.97 Å². The third-order valence-electron chi connectivity index (χ3n) is 3.42. The van der Waals surface area contributed by atoms with Crippen LogP contribution in [-0.4, -0.2) is 40.5 Å². The van der Waals surface area contributed by atoms with Crippen LogP contribution in [0.1, 0.15) is 32.9 Å². The van der Waals surface area contributed by atoms with Gasteiger partial charge in [-0.05, 0) is 36.9 Å². The molecule has 5 nitrogen and oxygen atoms in total. The Bertz CT molecular complexity index is 656. The van der Waals surface area contributed by atoms with E-state index < -0.39 is 0 Å². The van der Waals surface area contributed by atoms with E-state index in [-0.39, 0.29) is 12.0 Å². The van der Waals surface area contributed by atoms with Crippen LogP contribution in [0.5, 0.6) is 0 Å². The third-order valence-corrected chi connectivity index (χ3v) is 4.46. The Morgan fingerprint density at radius 3 is 3.05 bits per heavy atom. The van der Waals surface area contributed by atoms with Crippen LogP contribution in [0, 0.1) is 13.8 Å². The Balaban J connectivity index is 1.75. The first-order chi connectivity index (χ1) is 10.1. The second-order valence-corrected chi connectivity index (χ2v) is 6.04. The van der Waals surface area contributed by atoms with Crippen molar-refractivity contribution in [3.8, 4) is 0 Å². The molecule has 0 spiro atoms. The summed E-state index contributed by atoms with van der Waals surface area (Å²) in [7, 11) is 0. The van der Waals surface area contributed by atoms with Crippen molar-refractivity contribution in [2.45, 2.75) is 20.0 Å². The molecule has 2 aromatic heterocycles. The van der Waals surface area contributed by atoms with Crippen molar-refractivity contribution in [3.63, 3.8) is 0 Å². The van der Waals surface area contributed by atoms with Crippen LogP contribution < -0.4 is 0 Å². The van der Waals surface area contributed by atoms with Crippen LogP contribution >= 0.6 is 11.3 Å². The fourth-order valence-electron chi connectivity index (χ4n) is 2.37. The molecule has 1 aliphatic heterocycles. The number of aryl methyl sites for hydroxylation is 2. The van der Waals surface area contributed by atoms with Gasteiger partial charge in [0.2, 0.25) is 0 Å². The van der Waals surface area contributed by atoms with Crippen molar-refractivity contribution in [2.75, 3.05) is 19.7 Å². The summed E-state index contributed by atoms with van der Waals surface area (Å²) in [5, 5.41) is 2.00. The molecule has 0 bridgehead atoms. The molecule has 1 saturated heterocycles. The molecule has 1 fully saturated rings. The molecule has 3 rings (SSSR count). The number of carbonyl (C=O) groups excluding carboxylic acids is 1. The largest absolute Gasteiger partial charge is 0.368 e. The van der Waals surface area contributed by atoms with Crippen LogP contribution in [0.15, 0.2) is 23.7 Å². The van der Waals surface area contributed by atoms with Crippen molar-refractivity contribution in [1.82, 2.24) is 14.9 Å². The van der Waals surface area contributed by atoms with Gasteiger partial charge in [0.25, 0.3) is 5.91 Å². The zero-order valence-electron chi connectivity index (χ0n) is 12.1. The fraction of sp³-hybridized carbons (Fsp3) is 0.400. The van der Waals surface area contributed by atoms with Crippen LogP contribution in [0.4, 0.5) is 0 Å². The van der Waals surface area contributed by atoms with Gasteiger partial charge in [0.05, 0.1) is 23.7 Å². The number of rotatable bonds is 2. The summed E-state index contributed by atoms with van der Waals surface area (Å²) in [6.07, 6.45) is 1.55. The van der Waals surface area contributed by atoms with Gasteiger partial charge < -0.3 is 9.64 Å². The second-order valence-electron chi connectivity index (χ2n) is 5.13. The van der Waals surface area contributed by atoms with Gasteiger partial charge in [0.15, 0.2) is 0 Å². The minimum Gasteiger partial charge on any atom is -0.368 e. The molecule has 1 amide bonds. The summed E-state index contributed by atoms with van der Waals surface area (Å²) < 4.78 is 5.76. The minimum absolute atomic E-state index is 0.0761. The van der Waals surface area contributed by atoms with Gasteiger partial charge in [-0.2, -0.15) is 0 Å². The summed E-state index contributed by atoms with van der Waals surface area (Å²) >= 11 is 1.49. The van der Waals surface area contributed by atoms with E-state index in [1.165, 1.54) is 11.3 Å². The zero-order valence-corrected chi connectivity index (χ0v) is 12.9. The summed E-state index contributed by atoms with van der Waals surface area (Å²) in [6.45, 7) is 5.54. The quantitative estimate of drug-likeness (QED) is 0.854. The Morgan fingerprint density at radius 2 is 2.33 bits per heavy atom. The number of amides is 1. The number of hydrogen-bond acceptors (Lipinski definition) is 5. The molecule has 0 saturated carbocycles. The lowest BCUT2D eigenvalue weighted by atomic mass is 10.2. The molecule has 2 aromatic rings. The van der Waals surface area contributed by atoms with Crippen molar-refractivity contribution in [3.05, 3.63) is 45.7 Å². The molecule has 1 aliphatic rings. The maximum atomic E-state index is 12.5. The molecule has 110 valence electrons. The fourth-order valence-corrected chi connectivity index (χ4v) is 3.23. The molecular weight excluding hydrogens is 286 g/mol. The lowest BCUT2D eigenvalue weighted by Gasteiger charge is -2.32. The second kappa shape index (κ2) is 5.91. The van der Waals surface area contributed by atoms with Gasteiger partial charge in [-0.15, -0.1) is 11.3 Å². The summed E-state index contributed by atoms with van der Waals surface area (Å²) in [4.78, 5) is 23.6. The summed E-state index contributed by atoms with van der Waals surface area (Å²) in [5.41, 5.74) is 1.96. The summed E-state index contributed by atoms with van der Waals surface area (Å²) in [6, 6.07) is 3.78. The number of thiophene rings is 1. The van der Waals surface area contributed by atoms with E-state index in [4.69, 9.17) is 4.74 Å². The van der Waals surface area contributed by atoms with Crippen molar-refractivity contribution in [2.24, 2.45) is 0 Å². The standard InChI is InChI=1S/C15H17N3O2S/c1-10-7-14(21-9-10)15(19)18-5-6-20-13(8-18)12-3-4-16-11(2)17-12/h3-4,7,9,13H,5-6,8H2,1-2H3/t13-/m0/s1. The van der Waals surface area contributed by atoms with E-state index in [9.17, 15) is 4.79 Å². The first-order valence-corrected chi connectivity index (χ1v) is 7.77. The van der Waals surface area contributed by atoms with E-state index in [0.29, 0.717) is 25.5 Å². The van der Waals surface area contributed by atoms with Gasteiger partial charge in [0.1, 0.15) is 11.9 Å². The first kappa shape index (κ1) is 14.2. The van der Waals surface area contributed by atoms with Crippen molar-refractivity contribution >= 4 is 17.2 Å². The molecular formula is C15H17N3O2S. The normalized spacial score (nSPS) is 18.8. The molecule has 0 aromatic carbocycles. The van der Waals surface area contributed by atoms with Gasteiger partial charge in [0, 0.05) is 12.7 Å². The number of aromatic nitrogens is 2. The Morgan fingerprint density at radius 1 is 1.48 bits per heavy atom. The molecule has 0 N–H and O–H groups in total. The SMILES string of the molecule is Cc1csc(C(=O)N2CCO[C@H](c3ccnc(C)n3)C2)c1. The maximum Gasteiger partial charge on any atom is 0.264 e. The first-order valence-electron chi connectivity index (χ1n) is 6.89. The topological polar surface area (TPSA) is 55.3 Å². The molecule has 6 heteroatoms. The van der Waals surface area contributed by atoms with Crippen LogP contribution in [0.25, 0.3) is 0 Å². The van der Waals surface area contributed by atoms with E-state index >= 15 is 0 Å². The lowest BCUT2D eigenvalue weighted by molar-refractivity contribution is -0.0246. The van der Waals surface area contributed by atoms with Crippen molar-refractivity contribution in [1.29, 1.82) is 0 Å². The average molecular weight is 303 g/mol. The number of nitrogens with zero attached hydrogens (tertiary/aromatic N) is 3. The molecule has 3 heterocycles. The monoisotopic (exact) mass is 303 g/mol. The highest BCUT2D eigenvalue weighted by atomic mass is 32.1. The van der Waals surface area contributed by atoms with Crippen LogP contribution in [0.3, 0.4) is 0 Å². The predicted octanol–water partition coefficient (Wildman–Crippen LogP) is 2.37. The highest BCUT2D eigenvalue weighted by molar-refractivity contribution is 7.12. The molecule has 1 atom stereocenters. The minimum atomic E-state index is -0.176. The molecule has 21 heavy (non-hydrogen) atoms. The van der Waals surface area contributed by atoms with E-state index in [1.54, 1.807) is 6.20 Å². The van der Waals surface area contributed by atoms with Crippen LogP contribution in [0.2, 0.25) is 0 Å². The van der Waals surface area contributed by atoms with E-state index in [1.807, 2.05) is 36.3 Å². The average Bonchev–Trinajstić information content (AvgIpc) is 2.93. The Labute approximate surface area is 127 Å². The number of carbonyl (C=O) groups is 1. The molecule has 0 radical (unpaired) electrons. The Hall–Kier alpha value is -1.79. The Kier molecular flexibility index (Phi) is 3.98. The van der Waals surface area contributed by atoms with Crippen molar-refractivity contribution < 1.29 is 9.53 Å². The molecule has 0 unspecified atom stereocenters. The van der Waals surface area contributed by atoms with Gasteiger partial charge in [-0.3, -0.25) is 4.79 Å². The summed E-state index contributed by atoms with van der Waals surface area (Å²) in [5.74, 6) is 0.792. The number of hydrogen-bond donors (Lipinski definition) is 0. The number of ether oxygens (including phenoxy) is 1. The predicted molar refractivity (Wildman–Crippen MR) is 80.4 cm³/mol. The van der Waals surface area contributed by atoms with Gasteiger partial charge in [-0.1, -0.05) is 0 Å². The third kappa shape index (κ3) is 3.11.